The molecule has 2 aromatic carbocycles. The fraction of sp³-hybridized carbons (Fsp3) is 0.0714. The van der Waals surface area contributed by atoms with Gasteiger partial charge in [0.1, 0.15) is 5.82 Å². The van der Waals surface area contributed by atoms with Crippen molar-refractivity contribution in [2.24, 2.45) is 0 Å². The van der Waals surface area contributed by atoms with Gasteiger partial charge < -0.3 is 4.90 Å². The first-order valence-corrected chi connectivity index (χ1v) is 6.67. The van der Waals surface area contributed by atoms with E-state index in [9.17, 15) is 19.3 Å². The maximum Gasteiger partial charge on any atom is 0.284 e. The lowest BCUT2D eigenvalue weighted by Gasteiger charge is -2.18. The van der Waals surface area contributed by atoms with Crippen molar-refractivity contribution in [3.8, 4) is 0 Å². The van der Waals surface area contributed by atoms with Gasteiger partial charge >= 0.3 is 0 Å². The number of halogens is 2. The Morgan fingerprint density at radius 2 is 1.95 bits per heavy atom. The first-order valence-electron chi connectivity index (χ1n) is 5.88. The first-order chi connectivity index (χ1) is 9.91. The van der Waals surface area contributed by atoms with Crippen molar-refractivity contribution in [3.05, 3.63) is 68.4 Å². The fourth-order valence-electron chi connectivity index (χ4n) is 1.81. The van der Waals surface area contributed by atoms with Crippen LogP contribution in [0, 0.1) is 15.9 Å². The minimum Gasteiger partial charge on any atom is -0.309 e. The molecule has 0 aliphatic heterocycles. The standard InChI is InChI=1S/C14H10BrFN2O3/c1-17(12-5-3-2-4-11(12)16)14(19)9-6-7-10(15)13(8-9)18(20)21/h2-8H,1H3. The molecule has 0 fully saturated rings. The molecule has 0 spiro atoms. The summed E-state index contributed by atoms with van der Waals surface area (Å²) in [5.41, 5.74) is -0.00786. The monoisotopic (exact) mass is 352 g/mol. The summed E-state index contributed by atoms with van der Waals surface area (Å²) in [6.45, 7) is 0. The summed E-state index contributed by atoms with van der Waals surface area (Å²) in [6.07, 6.45) is 0. The molecule has 0 N–H and O–H groups in total. The quantitative estimate of drug-likeness (QED) is 0.623. The topological polar surface area (TPSA) is 63.5 Å². The molecule has 2 rings (SSSR count). The number of benzene rings is 2. The zero-order chi connectivity index (χ0) is 15.6. The second-order valence-corrected chi connectivity index (χ2v) is 5.09. The van der Waals surface area contributed by atoms with Crippen LogP contribution in [-0.2, 0) is 0 Å². The van der Waals surface area contributed by atoms with E-state index in [2.05, 4.69) is 15.9 Å². The van der Waals surface area contributed by atoms with Crippen molar-refractivity contribution >= 4 is 33.2 Å². The van der Waals surface area contributed by atoms with Crippen LogP contribution in [-0.4, -0.2) is 17.9 Å². The van der Waals surface area contributed by atoms with Gasteiger partial charge in [0.2, 0.25) is 0 Å². The molecular weight excluding hydrogens is 343 g/mol. The Morgan fingerprint density at radius 1 is 1.29 bits per heavy atom. The van der Waals surface area contributed by atoms with E-state index in [4.69, 9.17) is 0 Å². The Hall–Kier alpha value is -2.28. The molecule has 0 bridgehead atoms. The predicted octanol–water partition coefficient (Wildman–Crippen LogP) is 3.77. The summed E-state index contributed by atoms with van der Waals surface area (Å²) in [5.74, 6) is -1.07. The van der Waals surface area contributed by atoms with Gasteiger partial charge in [-0.3, -0.25) is 14.9 Å². The third kappa shape index (κ3) is 3.08. The second-order valence-electron chi connectivity index (χ2n) is 4.24. The van der Waals surface area contributed by atoms with E-state index >= 15 is 0 Å². The Labute approximate surface area is 128 Å². The molecule has 0 radical (unpaired) electrons. The van der Waals surface area contributed by atoms with E-state index in [1.165, 1.54) is 37.4 Å². The first kappa shape index (κ1) is 15.1. The van der Waals surface area contributed by atoms with Gasteiger partial charge in [0.25, 0.3) is 11.6 Å². The molecule has 0 aliphatic carbocycles. The van der Waals surface area contributed by atoms with Crippen molar-refractivity contribution in [3.63, 3.8) is 0 Å². The number of carbonyl (C=O) groups excluding carboxylic acids is 1. The highest BCUT2D eigenvalue weighted by molar-refractivity contribution is 9.10. The van der Waals surface area contributed by atoms with Gasteiger partial charge in [-0.05, 0) is 40.2 Å². The van der Waals surface area contributed by atoms with E-state index in [1.54, 1.807) is 6.07 Å². The summed E-state index contributed by atoms with van der Waals surface area (Å²) in [4.78, 5) is 23.7. The lowest BCUT2D eigenvalue weighted by Crippen LogP contribution is -2.27. The van der Waals surface area contributed by atoms with Crippen molar-refractivity contribution in [2.45, 2.75) is 0 Å². The van der Waals surface area contributed by atoms with Crippen LogP contribution in [0.1, 0.15) is 10.4 Å². The molecule has 2 aromatic rings. The minimum atomic E-state index is -0.593. The number of nitro benzene ring substituents is 1. The number of para-hydroxylation sites is 1. The number of hydrogen-bond acceptors (Lipinski definition) is 3. The van der Waals surface area contributed by atoms with E-state index in [0.29, 0.717) is 0 Å². The molecule has 1 amide bonds. The van der Waals surface area contributed by atoms with Crippen LogP contribution in [0.25, 0.3) is 0 Å². The maximum absolute atomic E-state index is 13.7. The van der Waals surface area contributed by atoms with Crippen molar-refractivity contribution in [2.75, 3.05) is 11.9 Å². The summed E-state index contributed by atoms with van der Waals surface area (Å²) in [7, 11) is 1.41. The predicted molar refractivity (Wildman–Crippen MR) is 79.9 cm³/mol. The molecule has 0 aromatic heterocycles. The molecule has 0 atom stereocenters. The van der Waals surface area contributed by atoms with Crippen molar-refractivity contribution in [1.29, 1.82) is 0 Å². The van der Waals surface area contributed by atoms with Crippen LogP contribution in [0.15, 0.2) is 46.9 Å². The van der Waals surface area contributed by atoms with Gasteiger partial charge in [0.15, 0.2) is 0 Å². The molecule has 21 heavy (non-hydrogen) atoms. The van der Waals surface area contributed by atoms with E-state index in [0.717, 1.165) is 11.0 Å². The molecule has 7 heteroatoms. The minimum absolute atomic E-state index is 0.105. The van der Waals surface area contributed by atoms with E-state index in [-0.39, 0.29) is 21.4 Å². The highest BCUT2D eigenvalue weighted by Crippen LogP contribution is 2.27. The van der Waals surface area contributed by atoms with Gasteiger partial charge in [0, 0.05) is 18.7 Å². The number of carbonyl (C=O) groups is 1. The molecule has 0 unspecified atom stereocenters. The summed E-state index contributed by atoms with van der Waals surface area (Å²) in [5, 5.41) is 10.9. The Bertz CT molecular complexity index is 721. The third-order valence-electron chi connectivity index (χ3n) is 2.91. The zero-order valence-corrected chi connectivity index (χ0v) is 12.5. The summed E-state index contributed by atoms with van der Waals surface area (Å²) in [6, 6.07) is 9.83. The lowest BCUT2D eigenvalue weighted by molar-refractivity contribution is -0.385. The van der Waals surface area contributed by atoms with Crippen molar-refractivity contribution < 1.29 is 14.1 Å². The third-order valence-corrected chi connectivity index (χ3v) is 3.58. The molecule has 0 saturated carbocycles. The Balaban J connectivity index is 2.39. The summed E-state index contributed by atoms with van der Waals surface area (Å²) < 4.78 is 14.0. The van der Waals surface area contributed by atoms with Gasteiger partial charge in [-0.15, -0.1) is 0 Å². The van der Waals surface area contributed by atoms with Crippen LogP contribution in [0.4, 0.5) is 15.8 Å². The molecule has 0 aliphatic rings. The smallest absolute Gasteiger partial charge is 0.284 e. The van der Waals surface area contributed by atoms with E-state index in [1.807, 2.05) is 0 Å². The highest BCUT2D eigenvalue weighted by Gasteiger charge is 2.20. The van der Waals surface area contributed by atoms with Crippen LogP contribution in [0.5, 0.6) is 0 Å². The summed E-state index contributed by atoms with van der Waals surface area (Å²) >= 11 is 3.05. The molecule has 108 valence electrons. The van der Waals surface area contributed by atoms with Crippen molar-refractivity contribution in [1.82, 2.24) is 0 Å². The normalized spacial score (nSPS) is 10.2. The van der Waals surface area contributed by atoms with Gasteiger partial charge in [-0.25, -0.2) is 4.39 Å². The Kier molecular flexibility index (Phi) is 4.32. The zero-order valence-electron chi connectivity index (χ0n) is 10.9. The van der Waals surface area contributed by atoms with Gasteiger partial charge in [0.05, 0.1) is 15.1 Å². The average Bonchev–Trinajstić information content (AvgIpc) is 2.46. The molecular formula is C14H10BrFN2O3. The molecule has 0 saturated heterocycles. The average molecular weight is 353 g/mol. The number of nitro groups is 1. The highest BCUT2D eigenvalue weighted by atomic mass is 79.9. The number of nitrogens with zero attached hydrogens (tertiary/aromatic N) is 2. The maximum atomic E-state index is 13.7. The molecule has 0 heterocycles. The van der Waals surface area contributed by atoms with Crippen LogP contribution >= 0.6 is 15.9 Å². The molecule has 5 nitrogen and oxygen atoms in total. The van der Waals surface area contributed by atoms with Gasteiger partial charge in [-0.1, -0.05) is 12.1 Å². The lowest BCUT2D eigenvalue weighted by atomic mass is 10.1. The SMILES string of the molecule is CN(C(=O)c1ccc(Br)c([N+](=O)[O-])c1)c1ccccc1F. The number of anilines is 1. The Morgan fingerprint density at radius 3 is 2.57 bits per heavy atom. The number of hydrogen-bond donors (Lipinski definition) is 0. The largest absolute Gasteiger partial charge is 0.309 e. The van der Waals surface area contributed by atoms with Gasteiger partial charge in [-0.2, -0.15) is 0 Å². The fourth-order valence-corrected chi connectivity index (χ4v) is 2.20. The van der Waals surface area contributed by atoms with Crippen LogP contribution in [0.3, 0.4) is 0 Å². The van der Waals surface area contributed by atoms with E-state index < -0.39 is 16.6 Å². The number of amides is 1. The van der Waals surface area contributed by atoms with Crippen LogP contribution in [0.2, 0.25) is 0 Å². The number of rotatable bonds is 3. The van der Waals surface area contributed by atoms with Crippen LogP contribution < -0.4 is 4.90 Å². The second kappa shape index (κ2) is 6.01.